The molecular weight excluding hydrogens is 374 g/mol. The molecule has 0 saturated carbocycles. The molecule has 0 spiro atoms. The molecule has 1 aliphatic rings. The number of ether oxygens (including phenoxy) is 1. The fraction of sp³-hybridized carbons (Fsp3) is 0.250. The maximum absolute atomic E-state index is 13.4. The number of fused-ring (bicyclic) bond motifs is 1. The summed E-state index contributed by atoms with van der Waals surface area (Å²) in [7, 11) is 0. The van der Waals surface area contributed by atoms with Gasteiger partial charge in [-0.05, 0) is 49.9 Å². The third kappa shape index (κ3) is 3.16. The van der Waals surface area contributed by atoms with Gasteiger partial charge in [-0.25, -0.2) is 4.68 Å². The lowest BCUT2D eigenvalue weighted by molar-refractivity contribution is -0.113. The lowest BCUT2D eigenvalue weighted by Crippen LogP contribution is -2.31. The molecule has 0 radical (unpaired) electrons. The van der Waals surface area contributed by atoms with Gasteiger partial charge in [0.1, 0.15) is 18.1 Å². The number of carbonyl (C=O) groups is 1. The number of aromatic nitrogens is 3. The first-order valence-corrected chi connectivity index (χ1v) is 9.92. The Balaban J connectivity index is 1.74. The number of amides is 1. The largest absolute Gasteiger partial charge is 0.492 e. The second kappa shape index (κ2) is 7.47. The van der Waals surface area contributed by atoms with Crippen molar-refractivity contribution in [3.63, 3.8) is 0 Å². The van der Waals surface area contributed by atoms with E-state index in [1.807, 2.05) is 56.5 Å². The molecule has 1 atom stereocenters. The molecule has 0 bridgehead atoms. The van der Waals surface area contributed by atoms with Crippen LogP contribution in [0.2, 0.25) is 0 Å². The van der Waals surface area contributed by atoms with Crippen molar-refractivity contribution >= 4 is 28.9 Å². The number of thiophene rings is 1. The lowest BCUT2D eigenvalue weighted by Gasteiger charge is -2.28. The molecule has 0 saturated heterocycles. The number of hydrogen-bond donors (Lipinski definition) is 2. The fourth-order valence-electron chi connectivity index (χ4n) is 3.33. The average Bonchev–Trinajstić information content (AvgIpc) is 3.31. The van der Waals surface area contributed by atoms with Gasteiger partial charge in [0.05, 0.1) is 17.9 Å². The van der Waals surface area contributed by atoms with Crippen LogP contribution in [0.4, 0.5) is 11.6 Å². The Morgan fingerprint density at radius 3 is 2.89 bits per heavy atom. The first-order valence-electron chi connectivity index (χ1n) is 9.04. The van der Waals surface area contributed by atoms with Gasteiger partial charge >= 0.3 is 0 Å². The molecule has 28 heavy (non-hydrogen) atoms. The highest BCUT2D eigenvalue weighted by molar-refractivity contribution is 7.10. The van der Waals surface area contributed by atoms with Gasteiger partial charge in [-0.2, -0.15) is 10.1 Å². The second-order valence-corrected chi connectivity index (χ2v) is 7.39. The molecule has 3 aromatic rings. The number of para-hydroxylation sites is 2. The van der Waals surface area contributed by atoms with Crippen molar-refractivity contribution in [3.8, 4) is 5.75 Å². The monoisotopic (exact) mass is 395 g/mol. The Kier molecular flexibility index (Phi) is 4.87. The maximum atomic E-state index is 13.4. The van der Waals surface area contributed by atoms with E-state index in [2.05, 4.69) is 20.7 Å². The first-order chi connectivity index (χ1) is 13.6. The summed E-state index contributed by atoms with van der Waals surface area (Å²) in [5.41, 5.74) is 3.12. The minimum absolute atomic E-state index is 0.198. The summed E-state index contributed by atoms with van der Waals surface area (Å²) in [6, 6.07) is 9.14. The van der Waals surface area contributed by atoms with E-state index in [4.69, 9.17) is 4.74 Å². The van der Waals surface area contributed by atoms with E-state index in [9.17, 15) is 4.79 Å². The summed E-state index contributed by atoms with van der Waals surface area (Å²) in [5.74, 6) is 1.07. The van der Waals surface area contributed by atoms with E-state index in [-0.39, 0.29) is 11.9 Å². The normalized spacial score (nSPS) is 15.8. The number of anilines is 2. The van der Waals surface area contributed by atoms with Crippen LogP contribution >= 0.6 is 11.3 Å². The molecule has 0 unspecified atom stereocenters. The van der Waals surface area contributed by atoms with Gasteiger partial charge in [-0.3, -0.25) is 4.79 Å². The number of carbonyl (C=O) groups excluding carboxylic acids is 1. The van der Waals surface area contributed by atoms with Crippen molar-refractivity contribution in [1.82, 2.24) is 14.8 Å². The van der Waals surface area contributed by atoms with Crippen LogP contribution in [0.3, 0.4) is 0 Å². The van der Waals surface area contributed by atoms with Gasteiger partial charge in [0, 0.05) is 10.6 Å². The molecular formula is C20H21N5O2S. The summed E-state index contributed by atoms with van der Waals surface area (Å²) in [5, 5.41) is 12.6. The predicted octanol–water partition coefficient (Wildman–Crippen LogP) is 3.97. The molecule has 0 fully saturated rings. The highest BCUT2D eigenvalue weighted by atomic mass is 32.1. The predicted molar refractivity (Wildman–Crippen MR) is 110 cm³/mol. The number of rotatable bonds is 5. The van der Waals surface area contributed by atoms with Crippen LogP contribution in [-0.2, 0) is 4.79 Å². The second-order valence-electron chi connectivity index (χ2n) is 6.45. The minimum Gasteiger partial charge on any atom is -0.492 e. The number of nitrogens with one attached hydrogen (secondary N) is 2. The van der Waals surface area contributed by atoms with Crippen molar-refractivity contribution in [2.45, 2.75) is 26.8 Å². The minimum atomic E-state index is -0.335. The van der Waals surface area contributed by atoms with Crippen molar-refractivity contribution in [2.24, 2.45) is 0 Å². The van der Waals surface area contributed by atoms with Gasteiger partial charge < -0.3 is 15.4 Å². The van der Waals surface area contributed by atoms with E-state index in [1.54, 1.807) is 16.0 Å². The van der Waals surface area contributed by atoms with Crippen LogP contribution in [0, 0.1) is 6.92 Å². The van der Waals surface area contributed by atoms with Crippen molar-refractivity contribution in [2.75, 3.05) is 17.2 Å². The summed E-state index contributed by atoms with van der Waals surface area (Å²) >= 11 is 1.61. The Morgan fingerprint density at radius 2 is 2.14 bits per heavy atom. The highest BCUT2D eigenvalue weighted by Crippen LogP contribution is 2.39. The van der Waals surface area contributed by atoms with Crippen molar-refractivity contribution in [1.29, 1.82) is 0 Å². The van der Waals surface area contributed by atoms with Crippen molar-refractivity contribution in [3.05, 3.63) is 63.7 Å². The van der Waals surface area contributed by atoms with E-state index >= 15 is 0 Å². The van der Waals surface area contributed by atoms with E-state index < -0.39 is 0 Å². The Morgan fingerprint density at radius 1 is 1.32 bits per heavy atom. The summed E-state index contributed by atoms with van der Waals surface area (Å²) < 4.78 is 7.40. The van der Waals surface area contributed by atoms with Crippen LogP contribution in [0.5, 0.6) is 5.75 Å². The molecule has 1 amide bonds. The summed E-state index contributed by atoms with van der Waals surface area (Å²) in [4.78, 5) is 18.7. The van der Waals surface area contributed by atoms with Gasteiger partial charge in [0.2, 0.25) is 5.95 Å². The molecule has 1 aliphatic heterocycles. The number of benzene rings is 1. The van der Waals surface area contributed by atoms with Gasteiger partial charge in [0.15, 0.2) is 0 Å². The van der Waals surface area contributed by atoms with Crippen LogP contribution in [0.15, 0.2) is 53.3 Å². The van der Waals surface area contributed by atoms with E-state index in [1.165, 1.54) is 6.33 Å². The number of allylic oxidation sites excluding steroid dienone is 1. The Hall–Kier alpha value is -3.13. The standard InChI is InChI=1S/C20H21N5O2S/c1-4-27-15-8-6-5-7-14(15)24-19(26)16-13(3)23-20-21-11-22-25(20)17(16)18-12(2)9-10-28-18/h5-11,17H,4H2,1-3H3,(H,24,26)(H,21,22,23)/t17-/m0/s1. The molecule has 8 heteroatoms. The molecule has 0 aliphatic carbocycles. The fourth-order valence-corrected chi connectivity index (χ4v) is 4.35. The Bertz CT molecular complexity index is 1050. The van der Waals surface area contributed by atoms with Crippen LogP contribution in [0.25, 0.3) is 0 Å². The molecule has 2 aromatic heterocycles. The highest BCUT2D eigenvalue weighted by Gasteiger charge is 2.35. The van der Waals surface area contributed by atoms with Gasteiger partial charge in [0.25, 0.3) is 5.91 Å². The topological polar surface area (TPSA) is 81.1 Å². The number of aryl methyl sites for hydroxylation is 1. The number of nitrogens with zero attached hydrogens (tertiary/aromatic N) is 3. The molecule has 2 N–H and O–H groups in total. The van der Waals surface area contributed by atoms with Crippen LogP contribution < -0.4 is 15.4 Å². The van der Waals surface area contributed by atoms with Crippen molar-refractivity contribution < 1.29 is 9.53 Å². The van der Waals surface area contributed by atoms with Gasteiger partial charge in [-0.15, -0.1) is 11.3 Å². The Labute approximate surface area is 167 Å². The van der Waals surface area contributed by atoms with Gasteiger partial charge in [-0.1, -0.05) is 12.1 Å². The molecule has 1 aromatic carbocycles. The molecule has 7 nitrogen and oxygen atoms in total. The third-order valence-electron chi connectivity index (χ3n) is 4.62. The van der Waals surface area contributed by atoms with E-state index in [0.29, 0.717) is 29.6 Å². The first kappa shape index (κ1) is 18.2. The van der Waals surface area contributed by atoms with Crippen LogP contribution in [-0.4, -0.2) is 27.3 Å². The summed E-state index contributed by atoms with van der Waals surface area (Å²) in [6.45, 7) is 6.37. The molecule has 3 heterocycles. The molecule has 144 valence electrons. The lowest BCUT2D eigenvalue weighted by atomic mass is 9.98. The SMILES string of the molecule is CCOc1ccccc1NC(=O)C1=C(C)Nc2ncnn2[C@@H]1c1sccc1C. The molecule has 4 rings (SSSR count). The average molecular weight is 395 g/mol. The zero-order valence-electron chi connectivity index (χ0n) is 15.9. The zero-order chi connectivity index (χ0) is 19.7. The summed E-state index contributed by atoms with van der Waals surface area (Å²) in [6.07, 6.45) is 1.50. The maximum Gasteiger partial charge on any atom is 0.256 e. The smallest absolute Gasteiger partial charge is 0.256 e. The third-order valence-corrected chi connectivity index (χ3v) is 5.70. The number of hydrogen-bond acceptors (Lipinski definition) is 6. The van der Waals surface area contributed by atoms with E-state index in [0.717, 1.165) is 16.1 Å². The zero-order valence-corrected chi connectivity index (χ0v) is 16.7. The quantitative estimate of drug-likeness (QED) is 0.683. The van der Waals surface area contributed by atoms with Crippen LogP contribution in [0.1, 0.15) is 30.3 Å².